The lowest BCUT2D eigenvalue weighted by atomic mass is 9.86. The van der Waals surface area contributed by atoms with Crippen LogP contribution in [-0.4, -0.2) is 42.9 Å². The Bertz CT molecular complexity index is 985. The van der Waals surface area contributed by atoms with Gasteiger partial charge in [0.05, 0.1) is 38.2 Å². The normalized spacial score (nSPS) is 26.5. The molecule has 2 aromatic carbocycles. The Morgan fingerprint density at radius 1 is 1.07 bits per heavy atom. The Morgan fingerprint density at radius 2 is 1.87 bits per heavy atom. The molecule has 0 saturated carbocycles. The highest BCUT2D eigenvalue weighted by atomic mass is 16.6. The molecule has 2 aromatic rings. The maximum Gasteiger partial charge on any atom is 0.203 e. The molecular formula is C24H28N2O4. The number of methoxy groups -OCH3 is 2. The number of ether oxygens (including phenoxy) is 4. The van der Waals surface area contributed by atoms with Crippen molar-refractivity contribution in [2.45, 2.75) is 50.5 Å². The number of hydrazone groups is 1. The maximum atomic E-state index is 6.75. The zero-order valence-corrected chi connectivity index (χ0v) is 18.0. The van der Waals surface area contributed by atoms with Crippen LogP contribution in [0, 0.1) is 0 Å². The van der Waals surface area contributed by atoms with Crippen molar-refractivity contribution in [1.82, 2.24) is 5.01 Å². The number of fused-ring (bicyclic) bond motifs is 4. The average molecular weight is 408 g/mol. The van der Waals surface area contributed by atoms with Crippen molar-refractivity contribution in [3.8, 4) is 17.2 Å². The highest BCUT2D eigenvalue weighted by molar-refractivity contribution is 6.02. The van der Waals surface area contributed by atoms with Gasteiger partial charge in [-0.1, -0.05) is 12.1 Å². The van der Waals surface area contributed by atoms with Gasteiger partial charge in [0.25, 0.3) is 0 Å². The second-order valence-corrected chi connectivity index (χ2v) is 8.80. The monoisotopic (exact) mass is 408 g/mol. The molecule has 6 heteroatoms. The minimum Gasteiger partial charge on any atom is -0.497 e. The molecule has 5 rings (SSSR count). The van der Waals surface area contributed by atoms with Gasteiger partial charge in [0.2, 0.25) is 5.72 Å². The van der Waals surface area contributed by atoms with Gasteiger partial charge in [0.1, 0.15) is 5.75 Å². The molecule has 158 valence electrons. The third-order valence-corrected chi connectivity index (χ3v) is 6.32. The Balaban J connectivity index is 1.60. The van der Waals surface area contributed by atoms with Crippen LogP contribution in [0.1, 0.15) is 50.3 Å². The summed E-state index contributed by atoms with van der Waals surface area (Å²) < 4.78 is 23.7. The molecule has 0 amide bonds. The van der Waals surface area contributed by atoms with E-state index in [1.165, 1.54) is 0 Å². The summed E-state index contributed by atoms with van der Waals surface area (Å²) in [5, 5.41) is 7.31. The quantitative estimate of drug-likeness (QED) is 0.747. The van der Waals surface area contributed by atoms with E-state index in [2.05, 4.69) is 37.1 Å². The van der Waals surface area contributed by atoms with Crippen LogP contribution in [0.3, 0.4) is 0 Å². The summed E-state index contributed by atoms with van der Waals surface area (Å²) in [5.74, 6) is 2.45. The fraction of sp³-hybridized carbons (Fsp3) is 0.458. The number of hydrogen-bond acceptors (Lipinski definition) is 6. The van der Waals surface area contributed by atoms with Gasteiger partial charge in [0.15, 0.2) is 11.5 Å². The van der Waals surface area contributed by atoms with Crippen LogP contribution in [0.15, 0.2) is 47.6 Å². The molecule has 3 aliphatic heterocycles. The molecule has 0 aliphatic carbocycles. The van der Waals surface area contributed by atoms with E-state index < -0.39 is 5.72 Å². The molecular weight excluding hydrogens is 380 g/mol. The maximum absolute atomic E-state index is 6.75. The molecule has 2 atom stereocenters. The van der Waals surface area contributed by atoms with E-state index in [4.69, 9.17) is 24.0 Å². The Kier molecular flexibility index (Phi) is 4.43. The first-order chi connectivity index (χ1) is 14.4. The predicted octanol–water partition coefficient (Wildman–Crippen LogP) is 4.53. The van der Waals surface area contributed by atoms with Gasteiger partial charge in [0, 0.05) is 24.8 Å². The predicted molar refractivity (Wildman–Crippen MR) is 114 cm³/mol. The van der Waals surface area contributed by atoms with E-state index in [9.17, 15) is 0 Å². The summed E-state index contributed by atoms with van der Waals surface area (Å²) in [6, 6.07) is 14.3. The number of rotatable bonds is 3. The molecule has 0 unspecified atom stereocenters. The average Bonchev–Trinajstić information content (AvgIpc) is 3.20. The molecule has 0 bridgehead atoms. The van der Waals surface area contributed by atoms with E-state index in [0.717, 1.165) is 53.3 Å². The zero-order valence-electron chi connectivity index (χ0n) is 18.0. The van der Waals surface area contributed by atoms with Gasteiger partial charge >= 0.3 is 0 Å². The van der Waals surface area contributed by atoms with Crippen LogP contribution in [-0.2, 0) is 4.74 Å². The lowest BCUT2D eigenvalue weighted by Gasteiger charge is -2.52. The third-order valence-electron chi connectivity index (χ3n) is 6.32. The van der Waals surface area contributed by atoms with Crippen molar-refractivity contribution in [2.24, 2.45) is 5.10 Å². The van der Waals surface area contributed by atoms with Crippen LogP contribution < -0.4 is 14.2 Å². The van der Waals surface area contributed by atoms with Gasteiger partial charge in [-0.3, -0.25) is 0 Å². The summed E-state index contributed by atoms with van der Waals surface area (Å²) >= 11 is 0. The number of benzene rings is 2. The number of nitrogens with zero attached hydrogens (tertiary/aromatic N) is 2. The SMILES string of the molecule is COc1ccc(C2=NN3[C@@H](C2)c2cccc(OC)c2O[C@@]32CCOC(C)(C)C2)cc1. The molecule has 0 N–H and O–H groups in total. The van der Waals surface area contributed by atoms with Crippen molar-refractivity contribution >= 4 is 5.71 Å². The number of hydrogen-bond donors (Lipinski definition) is 0. The summed E-state index contributed by atoms with van der Waals surface area (Å²) in [6.07, 6.45) is 2.30. The largest absolute Gasteiger partial charge is 0.497 e. The van der Waals surface area contributed by atoms with Gasteiger partial charge in [-0.15, -0.1) is 0 Å². The van der Waals surface area contributed by atoms with Crippen molar-refractivity contribution in [3.05, 3.63) is 53.6 Å². The van der Waals surface area contributed by atoms with Gasteiger partial charge in [-0.2, -0.15) is 5.10 Å². The van der Waals surface area contributed by atoms with E-state index >= 15 is 0 Å². The first-order valence-electron chi connectivity index (χ1n) is 10.5. The minimum absolute atomic E-state index is 0.106. The van der Waals surface area contributed by atoms with Gasteiger partial charge in [-0.25, -0.2) is 5.01 Å². The molecule has 6 nitrogen and oxygen atoms in total. The van der Waals surface area contributed by atoms with Crippen LogP contribution in [0.25, 0.3) is 0 Å². The Morgan fingerprint density at radius 3 is 2.57 bits per heavy atom. The minimum atomic E-state index is -0.553. The van der Waals surface area contributed by atoms with E-state index in [-0.39, 0.29) is 11.6 Å². The fourth-order valence-corrected chi connectivity index (χ4v) is 4.96. The van der Waals surface area contributed by atoms with Gasteiger partial charge < -0.3 is 18.9 Å². The standard InChI is InChI=1S/C24H28N2O4/c1-23(2)15-24(12-13-29-23)26-20(18-6-5-7-21(28-4)22(18)30-24)14-19(25-26)16-8-10-17(27-3)11-9-16/h5-11,20H,12-15H2,1-4H3/t20-,24+/m0/s1. The first kappa shape index (κ1) is 19.2. The lowest BCUT2D eigenvalue weighted by molar-refractivity contribution is -0.212. The van der Waals surface area contributed by atoms with E-state index in [0.29, 0.717) is 6.61 Å². The summed E-state index contributed by atoms with van der Waals surface area (Å²) in [7, 11) is 3.38. The molecule has 0 radical (unpaired) electrons. The van der Waals surface area contributed by atoms with Crippen LogP contribution in [0.4, 0.5) is 0 Å². The third kappa shape index (κ3) is 3.01. The molecule has 30 heavy (non-hydrogen) atoms. The van der Waals surface area contributed by atoms with E-state index in [1.807, 2.05) is 24.3 Å². The zero-order chi connectivity index (χ0) is 20.9. The fourth-order valence-electron chi connectivity index (χ4n) is 4.96. The molecule has 1 saturated heterocycles. The Labute approximate surface area is 177 Å². The second kappa shape index (κ2) is 6.91. The van der Waals surface area contributed by atoms with Gasteiger partial charge in [-0.05, 0) is 49.7 Å². The highest BCUT2D eigenvalue weighted by Gasteiger charge is 2.55. The molecule has 1 spiro atoms. The first-order valence-corrected chi connectivity index (χ1v) is 10.5. The molecule has 3 heterocycles. The Hall–Kier alpha value is -2.73. The van der Waals surface area contributed by atoms with Crippen molar-refractivity contribution < 1.29 is 18.9 Å². The van der Waals surface area contributed by atoms with Crippen LogP contribution in [0.5, 0.6) is 17.2 Å². The smallest absolute Gasteiger partial charge is 0.203 e. The summed E-state index contributed by atoms with van der Waals surface area (Å²) in [4.78, 5) is 0. The number of para-hydroxylation sites is 1. The topological polar surface area (TPSA) is 52.5 Å². The second-order valence-electron chi connectivity index (χ2n) is 8.80. The van der Waals surface area contributed by atoms with Crippen LogP contribution in [0.2, 0.25) is 0 Å². The van der Waals surface area contributed by atoms with E-state index in [1.54, 1.807) is 14.2 Å². The summed E-state index contributed by atoms with van der Waals surface area (Å²) in [6.45, 7) is 4.87. The molecule has 0 aromatic heterocycles. The molecule has 3 aliphatic rings. The van der Waals surface area contributed by atoms with Crippen molar-refractivity contribution in [3.63, 3.8) is 0 Å². The lowest BCUT2D eigenvalue weighted by Crippen LogP contribution is -2.60. The molecule has 1 fully saturated rings. The highest BCUT2D eigenvalue weighted by Crippen LogP contribution is 2.54. The van der Waals surface area contributed by atoms with Crippen molar-refractivity contribution in [2.75, 3.05) is 20.8 Å². The summed E-state index contributed by atoms with van der Waals surface area (Å²) in [5.41, 5.74) is 2.45. The van der Waals surface area contributed by atoms with Crippen LogP contribution >= 0.6 is 0 Å². The van der Waals surface area contributed by atoms with Crippen molar-refractivity contribution in [1.29, 1.82) is 0 Å².